The second-order valence-corrected chi connectivity index (χ2v) is 8.36. The number of carbonyl (C=O) groups is 1. The summed E-state index contributed by atoms with van der Waals surface area (Å²) in [6, 6.07) is 12.7. The van der Waals surface area contributed by atoms with Crippen molar-refractivity contribution in [3.8, 4) is 11.5 Å². The van der Waals surface area contributed by atoms with Gasteiger partial charge in [-0.1, -0.05) is 23.8 Å². The van der Waals surface area contributed by atoms with E-state index in [-0.39, 0.29) is 19.7 Å². The first kappa shape index (κ1) is 21.6. The van der Waals surface area contributed by atoms with Crippen molar-refractivity contribution in [3.63, 3.8) is 0 Å². The van der Waals surface area contributed by atoms with E-state index in [4.69, 9.17) is 9.47 Å². The molecule has 0 aliphatic carbocycles. The van der Waals surface area contributed by atoms with Gasteiger partial charge in [0, 0.05) is 0 Å². The number of hydrogen-bond donors (Lipinski definition) is 1. The van der Waals surface area contributed by atoms with E-state index in [1.807, 2.05) is 44.2 Å². The summed E-state index contributed by atoms with van der Waals surface area (Å²) in [7, 11) is -2.22. The molecule has 0 fully saturated rings. The number of methoxy groups -OCH3 is 1. The highest BCUT2D eigenvalue weighted by atomic mass is 32.2. The molecule has 0 heterocycles. The average Bonchev–Trinajstić information content (AvgIpc) is 2.64. The number of ether oxygens (including phenoxy) is 2. The fraction of sp³-hybridized carbons (Fsp3) is 0.350. The number of amides is 1. The van der Waals surface area contributed by atoms with Crippen LogP contribution in [0.25, 0.3) is 0 Å². The van der Waals surface area contributed by atoms with Crippen molar-refractivity contribution in [2.75, 3.05) is 37.4 Å². The van der Waals surface area contributed by atoms with Crippen LogP contribution in [0.1, 0.15) is 11.1 Å². The van der Waals surface area contributed by atoms with Gasteiger partial charge in [0.2, 0.25) is 15.9 Å². The van der Waals surface area contributed by atoms with Gasteiger partial charge in [-0.05, 0) is 43.7 Å². The Bertz CT molecular complexity index is 911. The first-order chi connectivity index (χ1) is 13.2. The predicted molar refractivity (Wildman–Crippen MR) is 110 cm³/mol. The molecule has 0 aromatic heterocycles. The van der Waals surface area contributed by atoms with Crippen LogP contribution in [0.4, 0.5) is 5.69 Å². The van der Waals surface area contributed by atoms with Gasteiger partial charge in [-0.25, -0.2) is 8.42 Å². The van der Waals surface area contributed by atoms with Gasteiger partial charge < -0.3 is 14.8 Å². The smallest absolute Gasteiger partial charge is 0.240 e. The Morgan fingerprint density at radius 1 is 1.07 bits per heavy atom. The highest BCUT2D eigenvalue weighted by Gasteiger charge is 2.24. The van der Waals surface area contributed by atoms with Crippen LogP contribution in [0.15, 0.2) is 42.5 Å². The number of anilines is 1. The molecule has 1 N–H and O–H groups in total. The van der Waals surface area contributed by atoms with Crippen molar-refractivity contribution in [2.45, 2.75) is 13.8 Å². The summed E-state index contributed by atoms with van der Waals surface area (Å²) >= 11 is 0. The lowest BCUT2D eigenvalue weighted by atomic mass is 10.2. The summed E-state index contributed by atoms with van der Waals surface area (Å²) in [5.74, 6) is 0.662. The maximum Gasteiger partial charge on any atom is 0.240 e. The molecule has 28 heavy (non-hydrogen) atoms. The van der Waals surface area contributed by atoms with E-state index in [9.17, 15) is 13.2 Å². The summed E-state index contributed by atoms with van der Waals surface area (Å²) in [6.07, 6.45) is 1.06. The third-order valence-corrected chi connectivity index (χ3v) is 5.13. The molecule has 0 atom stereocenters. The zero-order chi connectivity index (χ0) is 20.7. The summed E-state index contributed by atoms with van der Waals surface area (Å²) in [6.45, 7) is 4.02. The fourth-order valence-corrected chi connectivity index (χ4v) is 3.41. The van der Waals surface area contributed by atoms with Gasteiger partial charge in [-0.15, -0.1) is 0 Å². The lowest BCUT2D eigenvalue weighted by Gasteiger charge is -2.24. The van der Waals surface area contributed by atoms with Crippen LogP contribution >= 0.6 is 0 Å². The summed E-state index contributed by atoms with van der Waals surface area (Å²) in [4.78, 5) is 12.3. The summed E-state index contributed by atoms with van der Waals surface area (Å²) in [5.41, 5.74) is 2.32. The molecule has 0 saturated heterocycles. The van der Waals surface area contributed by atoms with Crippen LogP contribution < -0.4 is 19.1 Å². The molecule has 0 saturated carbocycles. The number of carbonyl (C=O) groups excluding carboxylic acids is 1. The van der Waals surface area contributed by atoms with Gasteiger partial charge >= 0.3 is 0 Å². The monoisotopic (exact) mass is 406 g/mol. The Balaban J connectivity index is 1.98. The third kappa shape index (κ3) is 6.16. The molecule has 7 nitrogen and oxygen atoms in total. The van der Waals surface area contributed by atoms with Gasteiger partial charge in [-0.3, -0.25) is 9.10 Å². The molecular formula is C20H26N2O5S. The number of hydrogen-bond acceptors (Lipinski definition) is 5. The maximum absolute atomic E-state index is 12.3. The molecule has 0 radical (unpaired) electrons. The van der Waals surface area contributed by atoms with E-state index in [2.05, 4.69) is 5.32 Å². The number of rotatable bonds is 9. The molecule has 0 bridgehead atoms. The highest BCUT2D eigenvalue weighted by molar-refractivity contribution is 7.92. The van der Waals surface area contributed by atoms with Gasteiger partial charge in [0.15, 0.2) is 0 Å². The molecular weight excluding hydrogens is 380 g/mol. The first-order valence-electron chi connectivity index (χ1n) is 8.79. The highest BCUT2D eigenvalue weighted by Crippen LogP contribution is 2.30. The maximum atomic E-state index is 12.3. The van der Waals surface area contributed by atoms with Crippen molar-refractivity contribution in [3.05, 3.63) is 53.6 Å². The Morgan fingerprint density at radius 2 is 1.71 bits per heavy atom. The third-order valence-electron chi connectivity index (χ3n) is 4.00. The van der Waals surface area contributed by atoms with Crippen molar-refractivity contribution in [1.82, 2.24) is 5.32 Å². The second kappa shape index (κ2) is 9.45. The molecule has 0 spiro atoms. The van der Waals surface area contributed by atoms with E-state index in [0.29, 0.717) is 17.2 Å². The van der Waals surface area contributed by atoms with E-state index in [1.165, 1.54) is 7.11 Å². The van der Waals surface area contributed by atoms with Crippen LogP contribution in [0.2, 0.25) is 0 Å². The number of nitrogens with zero attached hydrogens (tertiary/aromatic N) is 1. The molecule has 0 aliphatic rings. The standard InChI is InChI=1S/C20H26N2O5S/c1-15-5-8-17(9-6-15)27-12-11-21-20(23)14-22(28(4,24)25)18-13-16(2)7-10-19(18)26-3/h5-10,13H,11-12,14H2,1-4H3,(H,21,23). The summed E-state index contributed by atoms with van der Waals surface area (Å²) in [5, 5.41) is 2.68. The normalized spacial score (nSPS) is 11.0. The van der Waals surface area contributed by atoms with Gasteiger partial charge in [-0.2, -0.15) is 0 Å². The second-order valence-electron chi connectivity index (χ2n) is 6.46. The van der Waals surface area contributed by atoms with Crippen LogP contribution in [0, 0.1) is 13.8 Å². The quantitative estimate of drug-likeness (QED) is 0.646. The average molecular weight is 407 g/mol. The van der Waals surface area contributed by atoms with Crippen molar-refractivity contribution in [1.29, 1.82) is 0 Å². The molecule has 8 heteroatoms. The SMILES string of the molecule is COc1ccc(C)cc1N(CC(=O)NCCOc1ccc(C)cc1)S(C)(=O)=O. The van der Waals surface area contributed by atoms with Crippen molar-refractivity contribution < 1.29 is 22.7 Å². The van der Waals surface area contributed by atoms with Crippen LogP contribution in [-0.2, 0) is 14.8 Å². The number of nitrogens with one attached hydrogen (secondary N) is 1. The first-order valence-corrected chi connectivity index (χ1v) is 10.6. The minimum atomic E-state index is -3.68. The van der Waals surface area contributed by atoms with E-state index in [1.54, 1.807) is 12.1 Å². The molecule has 152 valence electrons. The van der Waals surface area contributed by atoms with Gasteiger partial charge in [0.25, 0.3) is 0 Å². The minimum Gasteiger partial charge on any atom is -0.495 e. The van der Waals surface area contributed by atoms with Crippen molar-refractivity contribution in [2.24, 2.45) is 0 Å². The molecule has 0 unspecified atom stereocenters. The molecule has 2 rings (SSSR count). The van der Waals surface area contributed by atoms with Crippen LogP contribution in [0.5, 0.6) is 11.5 Å². The molecule has 2 aromatic rings. The summed E-state index contributed by atoms with van der Waals surface area (Å²) < 4.78 is 36.4. The fourth-order valence-electron chi connectivity index (χ4n) is 2.56. The Morgan fingerprint density at radius 3 is 2.32 bits per heavy atom. The van der Waals surface area contributed by atoms with E-state index >= 15 is 0 Å². The van der Waals surface area contributed by atoms with Crippen LogP contribution in [-0.4, -0.2) is 47.4 Å². The Kier molecular flexibility index (Phi) is 7.28. The van der Waals surface area contributed by atoms with Crippen LogP contribution in [0.3, 0.4) is 0 Å². The number of aryl methyl sites for hydroxylation is 2. The zero-order valence-corrected chi connectivity index (χ0v) is 17.4. The largest absolute Gasteiger partial charge is 0.495 e. The van der Waals surface area contributed by atoms with E-state index < -0.39 is 15.9 Å². The molecule has 1 amide bonds. The Hall–Kier alpha value is -2.74. The van der Waals surface area contributed by atoms with Gasteiger partial charge in [0.05, 0.1) is 25.6 Å². The van der Waals surface area contributed by atoms with Crippen molar-refractivity contribution >= 4 is 21.6 Å². The van der Waals surface area contributed by atoms with Gasteiger partial charge in [0.1, 0.15) is 24.7 Å². The molecule has 0 aliphatic heterocycles. The molecule has 2 aromatic carbocycles. The topological polar surface area (TPSA) is 84.9 Å². The lowest BCUT2D eigenvalue weighted by Crippen LogP contribution is -2.41. The predicted octanol–water partition coefficient (Wildman–Crippen LogP) is 2.27. The van der Waals surface area contributed by atoms with E-state index in [0.717, 1.165) is 21.7 Å². The minimum absolute atomic E-state index is 0.259. The number of benzene rings is 2. The number of sulfonamides is 1. The lowest BCUT2D eigenvalue weighted by molar-refractivity contribution is -0.119. The zero-order valence-electron chi connectivity index (χ0n) is 16.6. The Labute approximate surface area is 166 Å².